The molecule has 2 heterocycles. The van der Waals surface area contributed by atoms with Gasteiger partial charge < -0.3 is 15.4 Å². The SMILES string of the molecule is COC(C=C(N)c1ncc(F)c(N2CCC(SN)CC2)n1)=NCc1ccccc1F. The number of anilines is 1. The predicted octanol–water partition coefficient (Wildman–Crippen LogP) is 2.88. The highest BCUT2D eigenvalue weighted by Crippen LogP contribution is 2.25. The van der Waals surface area contributed by atoms with Crippen molar-refractivity contribution < 1.29 is 13.5 Å². The second kappa shape index (κ2) is 10.4. The number of halogens is 2. The quantitative estimate of drug-likeness (QED) is 0.409. The third-order valence-electron chi connectivity index (χ3n) is 4.77. The molecule has 0 radical (unpaired) electrons. The van der Waals surface area contributed by atoms with Crippen LogP contribution in [0.4, 0.5) is 14.6 Å². The lowest BCUT2D eigenvalue weighted by molar-refractivity contribution is 0.404. The topological polar surface area (TPSA) is 103 Å². The van der Waals surface area contributed by atoms with Crippen molar-refractivity contribution in [2.24, 2.45) is 15.9 Å². The van der Waals surface area contributed by atoms with Gasteiger partial charge in [-0.25, -0.2) is 23.7 Å². The Hall–Kier alpha value is -2.72. The predicted molar refractivity (Wildman–Crippen MR) is 116 cm³/mol. The van der Waals surface area contributed by atoms with Crippen molar-refractivity contribution in [2.45, 2.75) is 24.6 Å². The molecule has 0 spiro atoms. The van der Waals surface area contributed by atoms with Gasteiger partial charge in [0.1, 0.15) is 5.82 Å². The molecule has 160 valence electrons. The van der Waals surface area contributed by atoms with E-state index >= 15 is 0 Å². The van der Waals surface area contributed by atoms with Gasteiger partial charge in [-0.3, -0.25) is 5.14 Å². The van der Waals surface area contributed by atoms with Gasteiger partial charge in [0.15, 0.2) is 17.5 Å². The number of hydrogen-bond donors (Lipinski definition) is 2. The van der Waals surface area contributed by atoms with Gasteiger partial charge in [-0.2, -0.15) is 0 Å². The molecule has 1 fully saturated rings. The van der Waals surface area contributed by atoms with Crippen LogP contribution in [0.1, 0.15) is 24.2 Å². The van der Waals surface area contributed by atoms with Crippen LogP contribution in [-0.4, -0.2) is 41.3 Å². The van der Waals surface area contributed by atoms with Gasteiger partial charge in [-0.15, -0.1) is 0 Å². The number of aliphatic imine (C=N–C) groups is 1. The molecule has 0 aliphatic carbocycles. The van der Waals surface area contributed by atoms with Crippen molar-refractivity contribution in [3.8, 4) is 0 Å². The molecule has 1 aliphatic heterocycles. The summed E-state index contributed by atoms with van der Waals surface area (Å²) in [4.78, 5) is 14.4. The summed E-state index contributed by atoms with van der Waals surface area (Å²) in [5.74, 6) is -0.301. The molecule has 1 aliphatic rings. The van der Waals surface area contributed by atoms with E-state index in [1.165, 1.54) is 31.2 Å². The molecule has 10 heteroatoms. The lowest BCUT2D eigenvalue weighted by Crippen LogP contribution is -2.36. The lowest BCUT2D eigenvalue weighted by atomic mass is 10.1. The van der Waals surface area contributed by atoms with Crippen molar-refractivity contribution in [3.05, 3.63) is 59.6 Å². The molecule has 1 aromatic carbocycles. The summed E-state index contributed by atoms with van der Waals surface area (Å²) in [6, 6.07) is 6.34. The molecule has 0 atom stereocenters. The molecule has 1 saturated heterocycles. The fraction of sp³-hybridized carbons (Fsp3) is 0.350. The first kappa shape index (κ1) is 22.0. The van der Waals surface area contributed by atoms with E-state index in [-0.39, 0.29) is 35.6 Å². The standard InChI is InChI=1S/C20H24F2N6OS/c1-29-18(25-11-13-4-2-3-5-15(13)21)10-17(23)19-26-12-16(22)20(27-19)28-8-6-14(30-24)7-9-28/h2-5,10,12,14H,6-9,11,23-24H2,1H3. The Morgan fingerprint density at radius 3 is 2.70 bits per heavy atom. The van der Waals surface area contributed by atoms with Crippen molar-refractivity contribution in [1.29, 1.82) is 0 Å². The third-order valence-corrected chi connectivity index (χ3v) is 5.63. The fourth-order valence-corrected chi connectivity index (χ4v) is 3.56. The third kappa shape index (κ3) is 5.45. The second-order valence-corrected chi connectivity index (χ2v) is 7.68. The average Bonchev–Trinajstić information content (AvgIpc) is 2.77. The largest absolute Gasteiger partial charge is 0.481 e. The van der Waals surface area contributed by atoms with Crippen molar-refractivity contribution >= 4 is 29.4 Å². The van der Waals surface area contributed by atoms with Crippen molar-refractivity contribution in [1.82, 2.24) is 9.97 Å². The van der Waals surface area contributed by atoms with Crippen LogP contribution in [0, 0.1) is 11.6 Å². The number of nitrogens with zero attached hydrogens (tertiary/aromatic N) is 4. The molecule has 0 unspecified atom stereocenters. The van der Waals surface area contributed by atoms with E-state index in [4.69, 9.17) is 15.6 Å². The number of piperidine rings is 1. The number of benzene rings is 1. The minimum Gasteiger partial charge on any atom is -0.481 e. The smallest absolute Gasteiger partial charge is 0.210 e. The van der Waals surface area contributed by atoms with Crippen LogP contribution in [0.2, 0.25) is 0 Å². The van der Waals surface area contributed by atoms with Crippen LogP contribution in [0.3, 0.4) is 0 Å². The Balaban J connectivity index is 1.78. The highest BCUT2D eigenvalue weighted by Gasteiger charge is 2.23. The van der Waals surface area contributed by atoms with Gasteiger partial charge in [-0.1, -0.05) is 30.1 Å². The molecule has 4 N–H and O–H groups in total. The summed E-state index contributed by atoms with van der Waals surface area (Å²) in [5.41, 5.74) is 6.70. The van der Waals surface area contributed by atoms with Crippen LogP contribution in [-0.2, 0) is 11.3 Å². The first-order valence-electron chi connectivity index (χ1n) is 9.44. The first-order chi connectivity index (χ1) is 14.5. The number of methoxy groups -OCH3 is 1. The normalized spacial score (nSPS) is 16.1. The van der Waals surface area contributed by atoms with E-state index in [1.807, 2.05) is 4.90 Å². The van der Waals surface area contributed by atoms with Gasteiger partial charge >= 0.3 is 0 Å². The number of ether oxygens (including phenoxy) is 1. The molecular formula is C20H24F2N6OS. The Kier molecular flexibility index (Phi) is 7.58. The number of aromatic nitrogens is 2. The van der Waals surface area contributed by atoms with Gasteiger partial charge in [0.05, 0.1) is 25.5 Å². The first-order valence-corrected chi connectivity index (χ1v) is 10.4. The van der Waals surface area contributed by atoms with Crippen LogP contribution in [0.5, 0.6) is 0 Å². The zero-order valence-electron chi connectivity index (χ0n) is 16.6. The maximum Gasteiger partial charge on any atom is 0.210 e. The summed E-state index contributed by atoms with van der Waals surface area (Å²) < 4.78 is 33.3. The maximum absolute atomic E-state index is 14.3. The van der Waals surface area contributed by atoms with Crippen molar-refractivity contribution in [3.63, 3.8) is 0 Å². The zero-order valence-corrected chi connectivity index (χ0v) is 17.4. The molecule has 0 saturated carbocycles. The summed E-state index contributed by atoms with van der Waals surface area (Å²) in [7, 11) is 1.43. The van der Waals surface area contributed by atoms with E-state index < -0.39 is 5.82 Å². The van der Waals surface area contributed by atoms with E-state index in [1.54, 1.807) is 18.2 Å². The highest BCUT2D eigenvalue weighted by atomic mass is 32.2. The fourth-order valence-electron chi connectivity index (χ4n) is 3.08. The second-order valence-electron chi connectivity index (χ2n) is 6.74. The summed E-state index contributed by atoms with van der Waals surface area (Å²) >= 11 is 1.34. The maximum atomic E-state index is 14.3. The van der Waals surface area contributed by atoms with Crippen LogP contribution >= 0.6 is 11.9 Å². The molecule has 2 aromatic rings. The Labute approximate surface area is 178 Å². The van der Waals surface area contributed by atoms with Crippen molar-refractivity contribution in [2.75, 3.05) is 25.1 Å². The zero-order chi connectivity index (χ0) is 21.5. The van der Waals surface area contributed by atoms with E-state index in [9.17, 15) is 8.78 Å². The summed E-state index contributed by atoms with van der Waals surface area (Å²) in [6.07, 6.45) is 4.24. The minimum absolute atomic E-state index is 0.0866. The number of rotatable bonds is 6. The minimum atomic E-state index is -0.509. The van der Waals surface area contributed by atoms with Gasteiger partial charge in [0, 0.05) is 30.0 Å². The van der Waals surface area contributed by atoms with Crippen LogP contribution in [0.25, 0.3) is 5.70 Å². The van der Waals surface area contributed by atoms with Gasteiger partial charge in [0.25, 0.3) is 0 Å². The lowest BCUT2D eigenvalue weighted by Gasteiger charge is -2.31. The van der Waals surface area contributed by atoms with Gasteiger partial charge in [-0.05, 0) is 18.9 Å². The molecule has 30 heavy (non-hydrogen) atoms. The molecule has 0 amide bonds. The summed E-state index contributed by atoms with van der Waals surface area (Å²) in [5, 5.41) is 6.01. The van der Waals surface area contributed by atoms with Crippen LogP contribution in [0.15, 0.2) is 41.5 Å². The van der Waals surface area contributed by atoms with E-state index in [2.05, 4.69) is 15.0 Å². The van der Waals surface area contributed by atoms with E-state index in [0.29, 0.717) is 23.9 Å². The molecule has 1 aromatic heterocycles. The van der Waals surface area contributed by atoms with Crippen LogP contribution < -0.4 is 15.8 Å². The van der Waals surface area contributed by atoms with Gasteiger partial charge in [0.2, 0.25) is 5.90 Å². The molecular weight excluding hydrogens is 410 g/mol. The molecule has 3 rings (SSSR count). The number of hydrogen-bond acceptors (Lipinski definition) is 8. The Bertz CT molecular complexity index is 931. The average molecular weight is 435 g/mol. The van der Waals surface area contributed by atoms with E-state index in [0.717, 1.165) is 19.0 Å². The molecule has 7 nitrogen and oxygen atoms in total. The Morgan fingerprint density at radius 2 is 2.03 bits per heavy atom. The number of nitrogens with two attached hydrogens (primary N) is 2. The monoisotopic (exact) mass is 434 g/mol. The highest BCUT2D eigenvalue weighted by molar-refractivity contribution is 7.97. The Morgan fingerprint density at radius 1 is 1.30 bits per heavy atom. The summed E-state index contributed by atoms with van der Waals surface area (Å²) in [6.45, 7) is 1.39. The molecule has 0 bridgehead atoms.